The Labute approximate surface area is 125 Å². The molecule has 0 atom stereocenters. The number of benzene rings is 1. The molecule has 5 heteroatoms. The summed E-state index contributed by atoms with van der Waals surface area (Å²) in [5, 5.41) is 0. The molecule has 2 aromatic rings. The Balaban J connectivity index is 1.90. The Morgan fingerprint density at radius 1 is 1.05 bits per heavy atom. The van der Waals surface area contributed by atoms with Crippen molar-refractivity contribution in [3.63, 3.8) is 0 Å². The summed E-state index contributed by atoms with van der Waals surface area (Å²) in [6.07, 6.45) is 3.16. The molecule has 1 fully saturated rings. The quantitative estimate of drug-likeness (QED) is 0.796. The molecule has 0 amide bonds. The molecule has 1 aliphatic heterocycles. The third-order valence-corrected chi connectivity index (χ3v) is 4.47. The zero-order valence-electron chi connectivity index (χ0n) is 13.1. The van der Waals surface area contributed by atoms with Crippen molar-refractivity contribution < 1.29 is 13.7 Å². The van der Waals surface area contributed by atoms with Crippen molar-refractivity contribution in [2.75, 3.05) is 0 Å². The van der Waals surface area contributed by atoms with E-state index in [-0.39, 0.29) is 18.3 Å². The molecule has 1 aromatic carbocycles. The fourth-order valence-corrected chi connectivity index (χ4v) is 2.44. The third-order valence-electron chi connectivity index (χ3n) is 4.47. The lowest BCUT2D eigenvalue weighted by Crippen LogP contribution is -2.41. The van der Waals surface area contributed by atoms with Crippen LogP contribution in [0.5, 0.6) is 0 Å². The first kappa shape index (κ1) is 14.4. The highest BCUT2D eigenvalue weighted by molar-refractivity contribution is 6.62. The van der Waals surface area contributed by atoms with Gasteiger partial charge in [0.2, 0.25) is 0 Å². The van der Waals surface area contributed by atoms with Crippen LogP contribution in [-0.4, -0.2) is 23.3 Å². The lowest BCUT2D eigenvalue weighted by Gasteiger charge is -2.32. The van der Waals surface area contributed by atoms with Crippen molar-refractivity contribution in [1.29, 1.82) is 0 Å². The van der Waals surface area contributed by atoms with Crippen LogP contribution in [0.4, 0.5) is 0 Å². The SMILES string of the molecule is Cc1cc(B2OC(C)(C)C(C)(C)O2)ccc1-c1cnco1. The van der Waals surface area contributed by atoms with Crippen LogP contribution in [-0.2, 0) is 9.31 Å². The van der Waals surface area contributed by atoms with Crippen molar-refractivity contribution in [3.05, 3.63) is 36.4 Å². The molecule has 1 aliphatic rings. The largest absolute Gasteiger partial charge is 0.494 e. The van der Waals surface area contributed by atoms with Gasteiger partial charge in [-0.25, -0.2) is 4.98 Å². The predicted molar refractivity (Wildman–Crippen MR) is 82.4 cm³/mol. The number of oxazole rings is 1. The van der Waals surface area contributed by atoms with Gasteiger partial charge in [-0.3, -0.25) is 0 Å². The third kappa shape index (κ3) is 2.41. The van der Waals surface area contributed by atoms with E-state index in [9.17, 15) is 0 Å². The Bertz CT molecular complexity index is 634. The van der Waals surface area contributed by atoms with Gasteiger partial charge in [0, 0.05) is 5.56 Å². The second kappa shape index (κ2) is 4.72. The van der Waals surface area contributed by atoms with Crippen molar-refractivity contribution in [1.82, 2.24) is 4.98 Å². The minimum atomic E-state index is -0.336. The van der Waals surface area contributed by atoms with Gasteiger partial charge in [-0.05, 0) is 45.6 Å². The Morgan fingerprint density at radius 2 is 1.71 bits per heavy atom. The van der Waals surface area contributed by atoms with E-state index in [2.05, 4.69) is 38.7 Å². The van der Waals surface area contributed by atoms with E-state index in [0.29, 0.717) is 0 Å². The number of nitrogens with zero attached hydrogens (tertiary/aromatic N) is 1. The van der Waals surface area contributed by atoms with Gasteiger partial charge >= 0.3 is 7.12 Å². The Morgan fingerprint density at radius 3 is 2.24 bits per heavy atom. The number of rotatable bonds is 2. The molecule has 0 bridgehead atoms. The highest BCUT2D eigenvalue weighted by Crippen LogP contribution is 2.36. The lowest BCUT2D eigenvalue weighted by atomic mass is 9.77. The second-order valence-electron chi connectivity index (χ2n) is 6.53. The summed E-state index contributed by atoms with van der Waals surface area (Å²) in [4.78, 5) is 3.96. The van der Waals surface area contributed by atoms with E-state index in [1.54, 1.807) is 6.20 Å². The van der Waals surface area contributed by atoms with Crippen LogP contribution in [0.3, 0.4) is 0 Å². The molecular formula is C16H20BNO3. The Hall–Kier alpha value is -1.59. The minimum Gasteiger partial charge on any atom is -0.444 e. The molecule has 3 rings (SSSR count). The van der Waals surface area contributed by atoms with Gasteiger partial charge in [0.05, 0.1) is 17.4 Å². The summed E-state index contributed by atoms with van der Waals surface area (Å²) in [5.74, 6) is 0.771. The van der Waals surface area contributed by atoms with Crippen LogP contribution < -0.4 is 5.46 Å². The van der Waals surface area contributed by atoms with Gasteiger partial charge in [0.15, 0.2) is 12.2 Å². The summed E-state index contributed by atoms with van der Waals surface area (Å²) in [7, 11) is -0.336. The molecule has 0 unspecified atom stereocenters. The monoisotopic (exact) mass is 285 g/mol. The van der Waals surface area contributed by atoms with E-state index in [0.717, 1.165) is 22.3 Å². The first-order valence-corrected chi connectivity index (χ1v) is 7.15. The molecule has 21 heavy (non-hydrogen) atoms. The maximum atomic E-state index is 6.08. The number of aromatic nitrogens is 1. The highest BCUT2D eigenvalue weighted by atomic mass is 16.7. The van der Waals surface area contributed by atoms with Crippen LogP contribution in [0, 0.1) is 6.92 Å². The van der Waals surface area contributed by atoms with Crippen LogP contribution in [0.2, 0.25) is 0 Å². The van der Waals surface area contributed by atoms with Crippen LogP contribution in [0.1, 0.15) is 33.3 Å². The first-order chi connectivity index (χ1) is 9.80. The number of aryl methyl sites for hydroxylation is 1. The van der Waals surface area contributed by atoms with Crippen LogP contribution in [0.25, 0.3) is 11.3 Å². The smallest absolute Gasteiger partial charge is 0.444 e. The molecule has 2 heterocycles. The summed E-state index contributed by atoms with van der Waals surface area (Å²) < 4.78 is 17.5. The second-order valence-corrected chi connectivity index (χ2v) is 6.53. The molecular weight excluding hydrogens is 265 g/mol. The zero-order valence-corrected chi connectivity index (χ0v) is 13.1. The summed E-state index contributed by atoms with van der Waals surface area (Å²) >= 11 is 0. The first-order valence-electron chi connectivity index (χ1n) is 7.15. The van der Waals surface area contributed by atoms with Gasteiger partial charge in [-0.2, -0.15) is 0 Å². The van der Waals surface area contributed by atoms with Gasteiger partial charge in [0.25, 0.3) is 0 Å². The summed E-state index contributed by atoms with van der Waals surface area (Å²) in [5.41, 5.74) is 2.52. The average Bonchev–Trinajstić information content (AvgIpc) is 2.96. The van der Waals surface area contributed by atoms with E-state index in [1.807, 2.05) is 19.1 Å². The van der Waals surface area contributed by atoms with Crippen molar-refractivity contribution in [2.24, 2.45) is 0 Å². The van der Waals surface area contributed by atoms with E-state index in [1.165, 1.54) is 6.39 Å². The van der Waals surface area contributed by atoms with Gasteiger partial charge < -0.3 is 13.7 Å². The van der Waals surface area contributed by atoms with Crippen LogP contribution >= 0.6 is 0 Å². The van der Waals surface area contributed by atoms with Crippen molar-refractivity contribution >= 4 is 12.6 Å². The number of hydrogen-bond acceptors (Lipinski definition) is 4. The topological polar surface area (TPSA) is 44.5 Å². The fourth-order valence-electron chi connectivity index (χ4n) is 2.44. The molecule has 0 N–H and O–H groups in total. The van der Waals surface area contributed by atoms with E-state index in [4.69, 9.17) is 13.7 Å². The maximum absolute atomic E-state index is 6.08. The molecule has 1 aromatic heterocycles. The Kier molecular flexibility index (Phi) is 3.22. The summed E-state index contributed by atoms with van der Waals surface area (Å²) in [6, 6.07) is 6.13. The number of hydrogen-bond donors (Lipinski definition) is 0. The highest BCUT2D eigenvalue weighted by Gasteiger charge is 2.51. The standard InChI is InChI=1S/C16H20BNO3/c1-11-8-12(6-7-13(11)14-9-18-10-19-14)17-20-15(2,3)16(4,5)21-17/h6-10H,1-5H3. The van der Waals surface area contributed by atoms with Crippen molar-refractivity contribution in [2.45, 2.75) is 45.8 Å². The van der Waals surface area contributed by atoms with Crippen LogP contribution in [0.15, 0.2) is 35.2 Å². The fraction of sp³-hybridized carbons (Fsp3) is 0.438. The molecule has 4 nitrogen and oxygen atoms in total. The minimum absolute atomic E-state index is 0.324. The normalized spacial score (nSPS) is 20.0. The summed E-state index contributed by atoms with van der Waals surface area (Å²) in [6.45, 7) is 10.3. The molecule has 0 radical (unpaired) electrons. The van der Waals surface area contributed by atoms with E-state index < -0.39 is 0 Å². The molecule has 1 saturated heterocycles. The predicted octanol–water partition coefficient (Wildman–Crippen LogP) is 2.95. The van der Waals surface area contributed by atoms with Gasteiger partial charge in [-0.1, -0.05) is 18.2 Å². The molecule has 0 aliphatic carbocycles. The molecule has 0 saturated carbocycles. The van der Waals surface area contributed by atoms with Crippen molar-refractivity contribution in [3.8, 4) is 11.3 Å². The lowest BCUT2D eigenvalue weighted by molar-refractivity contribution is 0.00578. The average molecular weight is 285 g/mol. The van der Waals surface area contributed by atoms with Gasteiger partial charge in [0.1, 0.15) is 0 Å². The zero-order chi connectivity index (χ0) is 15.3. The molecule has 0 spiro atoms. The molecule has 110 valence electrons. The maximum Gasteiger partial charge on any atom is 0.494 e. The van der Waals surface area contributed by atoms with E-state index >= 15 is 0 Å². The van der Waals surface area contributed by atoms with Gasteiger partial charge in [-0.15, -0.1) is 0 Å².